The van der Waals surface area contributed by atoms with E-state index in [0.29, 0.717) is 11.3 Å². The van der Waals surface area contributed by atoms with Gasteiger partial charge in [-0.25, -0.2) is 8.42 Å². The van der Waals surface area contributed by atoms with Crippen LogP contribution in [0.4, 0.5) is 5.69 Å². The lowest BCUT2D eigenvalue weighted by Crippen LogP contribution is -2.62. The van der Waals surface area contributed by atoms with E-state index in [2.05, 4.69) is 43.1 Å². The van der Waals surface area contributed by atoms with Crippen molar-refractivity contribution in [2.45, 2.75) is 76.4 Å². The maximum absolute atomic E-state index is 12.8. The largest absolute Gasteiger partial charge is 0.349 e. The van der Waals surface area contributed by atoms with Crippen LogP contribution in [0.15, 0.2) is 47.4 Å². The molecular weight excluding hydrogens is 410 g/mol. The minimum Gasteiger partial charge on any atom is -0.349 e. The van der Waals surface area contributed by atoms with Gasteiger partial charge < -0.3 is 10.6 Å². The first kappa shape index (κ1) is 23.3. The van der Waals surface area contributed by atoms with Gasteiger partial charge in [-0.2, -0.15) is 0 Å². The molecule has 1 aliphatic heterocycles. The summed E-state index contributed by atoms with van der Waals surface area (Å²) in [7, 11) is -3.73. The molecule has 1 fully saturated rings. The Hall–Kier alpha value is -2.38. The summed E-state index contributed by atoms with van der Waals surface area (Å²) in [5, 5.41) is 6.71. The summed E-state index contributed by atoms with van der Waals surface area (Å²) in [6, 6.07) is 11.5. The van der Waals surface area contributed by atoms with Crippen LogP contribution in [-0.4, -0.2) is 31.4 Å². The summed E-state index contributed by atoms with van der Waals surface area (Å²) in [6.45, 7) is 12.4. The van der Waals surface area contributed by atoms with Gasteiger partial charge in [-0.05, 0) is 102 Å². The molecule has 0 aliphatic carbocycles. The molecule has 2 aromatic carbocycles. The average Bonchev–Trinajstić information content (AvgIpc) is 2.62. The summed E-state index contributed by atoms with van der Waals surface area (Å²) in [5.41, 5.74) is 2.92. The molecule has 0 saturated carbocycles. The van der Waals surface area contributed by atoms with Gasteiger partial charge in [-0.3, -0.25) is 9.52 Å². The van der Waals surface area contributed by atoms with Crippen molar-refractivity contribution in [2.75, 3.05) is 4.72 Å². The molecule has 1 aliphatic rings. The molecule has 3 N–H and O–H groups in total. The number of hydrogen-bond acceptors (Lipinski definition) is 4. The molecule has 0 unspecified atom stereocenters. The zero-order valence-corrected chi connectivity index (χ0v) is 20.0. The number of sulfonamides is 1. The Bertz CT molecular complexity index is 1060. The summed E-state index contributed by atoms with van der Waals surface area (Å²) in [5.74, 6) is -0.190. The Morgan fingerprint density at radius 2 is 1.52 bits per heavy atom. The highest BCUT2D eigenvalue weighted by Gasteiger charge is 2.38. The van der Waals surface area contributed by atoms with Crippen LogP contribution in [0.5, 0.6) is 0 Å². The van der Waals surface area contributed by atoms with Crippen LogP contribution in [0.25, 0.3) is 0 Å². The van der Waals surface area contributed by atoms with Crippen LogP contribution in [-0.2, 0) is 10.0 Å². The molecule has 3 rings (SSSR count). The van der Waals surface area contributed by atoms with E-state index < -0.39 is 10.0 Å². The van der Waals surface area contributed by atoms with Gasteiger partial charge in [0.1, 0.15) is 0 Å². The van der Waals surface area contributed by atoms with Crippen molar-refractivity contribution >= 4 is 21.6 Å². The maximum Gasteiger partial charge on any atom is 0.261 e. The molecule has 1 saturated heterocycles. The quantitative estimate of drug-likeness (QED) is 0.648. The molecule has 6 nitrogen and oxygen atoms in total. The van der Waals surface area contributed by atoms with Gasteiger partial charge in [0.05, 0.1) is 4.90 Å². The van der Waals surface area contributed by atoms with Gasteiger partial charge in [0.25, 0.3) is 15.9 Å². The Kier molecular flexibility index (Phi) is 6.22. The van der Waals surface area contributed by atoms with Crippen LogP contribution in [0.2, 0.25) is 0 Å². The molecule has 31 heavy (non-hydrogen) atoms. The van der Waals surface area contributed by atoms with Gasteiger partial charge >= 0.3 is 0 Å². The van der Waals surface area contributed by atoms with E-state index in [1.165, 1.54) is 12.1 Å². The highest BCUT2D eigenvalue weighted by Crippen LogP contribution is 2.28. The van der Waals surface area contributed by atoms with Crippen molar-refractivity contribution in [1.29, 1.82) is 0 Å². The number of nitrogens with one attached hydrogen (secondary N) is 3. The number of carbonyl (C=O) groups excluding carboxylic acids is 1. The Morgan fingerprint density at radius 1 is 0.935 bits per heavy atom. The van der Waals surface area contributed by atoms with E-state index in [-0.39, 0.29) is 27.9 Å². The minimum absolute atomic E-state index is 0.0496. The Morgan fingerprint density at radius 3 is 2.06 bits per heavy atom. The fourth-order valence-electron chi connectivity index (χ4n) is 4.50. The second-order valence-electron chi connectivity index (χ2n) is 9.90. The first-order chi connectivity index (χ1) is 14.3. The summed E-state index contributed by atoms with van der Waals surface area (Å²) < 4.78 is 28.0. The van der Waals surface area contributed by atoms with Gasteiger partial charge in [0.2, 0.25) is 0 Å². The Balaban J connectivity index is 1.70. The molecule has 0 atom stereocenters. The number of amides is 1. The summed E-state index contributed by atoms with van der Waals surface area (Å²) in [6.07, 6.45) is 1.66. The van der Waals surface area contributed by atoms with Crippen molar-refractivity contribution in [3.8, 4) is 0 Å². The summed E-state index contributed by atoms with van der Waals surface area (Å²) >= 11 is 0. The fraction of sp³-hybridized carbons (Fsp3) is 0.458. The predicted molar refractivity (Wildman–Crippen MR) is 125 cm³/mol. The molecule has 0 spiro atoms. The van der Waals surface area contributed by atoms with Crippen LogP contribution >= 0.6 is 0 Å². The SMILES string of the molecule is Cc1ccc(NS(=O)(=O)c2ccc(C(=O)NC3CC(C)(C)NC(C)(C)C3)cc2)cc1C. The van der Waals surface area contributed by atoms with E-state index in [1.54, 1.807) is 24.3 Å². The highest BCUT2D eigenvalue weighted by atomic mass is 32.2. The van der Waals surface area contributed by atoms with Crippen LogP contribution in [0.1, 0.15) is 62.0 Å². The van der Waals surface area contributed by atoms with Crippen molar-refractivity contribution < 1.29 is 13.2 Å². The smallest absolute Gasteiger partial charge is 0.261 e. The first-order valence-corrected chi connectivity index (χ1v) is 12.1. The molecule has 1 heterocycles. The van der Waals surface area contributed by atoms with E-state index >= 15 is 0 Å². The topological polar surface area (TPSA) is 87.3 Å². The molecule has 1 amide bonds. The van der Waals surface area contributed by atoms with E-state index in [9.17, 15) is 13.2 Å². The standard InChI is InChI=1S/C24H33N3O3S/c1-16-7-10-19(13-17(16)2)26-31(29,30)21-11-8-18(9-12-21)22(28)25-20-14-23(3,4)27-24(5,6)15-20/h7-13,20,26-27H,14-15H2,1-6H3,(H,25,28). The number of hydrogen-bond donors (Lipinski definition) is 3. The second kappa shape index (κ2) is 8.28. The lowest BCUT2D eigenvalue weighted by atomic mass is 9.79. The van der Waals surface area contributed by atoms with E-state index in [1.807, 2.05) is 19.9 Å². The zero-order chi connectivity index (χ0) is 23.0. The average molecular weight is 444 g/mol. The molecule has 168 valence electrons. The normalized spacial score (nSPS) is 18.4. The van der Waals surface area contributed by atoms with E-state index in [4.69, 9.17) is 0 Å². The molecule has 7 heteroatoms. The zero-order valence-electron chi connectivity index (χ0n) is 19.2. The number of rotatable bonds is 5. The van der Waals surface area contributed by atoms with Crippen molar-refractivity contribution in [3.63, 3.8) is 0 Å². The van der Waals surface area contributed by atoms with Crippen molar-refractivity contribution in [1.82, 2.24) is 10.6 Å². The third-order valence-electron chi connectivity index (χ3n) is 5.71. The molecular formula is C24H33N3O3S. The van der Waals surface area contributed by atoms with Crippen LogP contribution in [0, 0.1) is 13.8 Å². The maximum atomic E-state index is 12.8. The number of piperidine rings is 1. The minimum atomic E-state index is -3.73. The molecule has 0 radical (unpaired) electrons. The van der Waals surface area contributed by atoms with Crippen LogP contribution in [0.3, 0.4) is 0 Å². The lowest BCUT2D eigenvalue weighted by molar-refractivity contribution is 0.0873. The van der Waals surface area contributed by atoms with E-state index in [0.717, 1.165) is 24.0 Å². The number of aryl methyl sites for hydroxylation is 2. The molecule has 0 bridgehead atoms. The number of benzene rings is 2. The van der Waals surface area contributed by atoms with Gasteiger partial charge in [0, 0.05) is 28.4 Å². The third-order valence-corrected chi connectivity index (χ3v) is 7.11. The van der Waals surface area contributed by atoms with Crippen molar-refractivity contribution in [2.24, 2.45) is 0 Å². The molecule has 2 aromatic rings. The first-order valence-electron chi connectivity index (χ1n) is 10.6. The second-order valence-corrected chi connectivity index (χ2v) is 11.6. The lowest BCUT2D eigenvalue weighted by Gasteiger charge is -2.46. The number of carbonyl (C=O) groups is 1. The van der Waals surface area contributed by atoms with Gasteiger partial charge in [0.15, 0.2) is 0 Å². The summed E-state index contributed by atoms with van der Waals surface area (Å²) in [4.78, 5) is 12.9. The van der Waals surface area contributed by atoms with Crippen molar-refractivity contribution in [3.05, 3.63) is 59.2 Å². The highest BCUT2D eigenvalue weighted by molar-refractivity contribution is 7.92. The monoisotopic (exact) mass is 443 g/mol. The fourth-order valence-corrected chi connectivity index (χ4v) is 5.55. The molecule has 0 aromatic heterocycles. The Labute approximate surface area is 185 Å². The number of anilines is 1. The van der Waals surface area contributed by atoms with Crippen LogP contribution < -0.4 is 15.4 Å². The predicted octanol–water partition coefficient (Wildman–Crippen LogP) is 4.14. The van der Waals surface area contributed by atoms with Gasteiger partial charge in [-0.15, -0.1) is 0 Å². The van der Waals surface area contributed by atoms with Gasteiger partial charge in [-0.1, -0.05) is 6.07 Å². The third kappa shape index (κ3) is 5.86.